The van der Waals surface area contributed by atoms with Crippen LogP contribution in [-0.2, 0) is 18.4 Å². The molecule has 0 unspecified atom stereocenters. The van der Waals surface area contributed by atoms with Gasteiger partial charge in [0, 0.05) is 18.3 Å². The molecule has 1 atom stereocenters. The lowest BCUT2D eigenvalue weighted by Gasteiger charge is -2.15. The first-order valence-corrected chi connectivity index (χ1v) is 11.7. The average molecular weight is 475 g/mol. The maximum absolute atomic E-state index is 13.0. The van der Waals surface area contributed by atoms with E-state index >= 15 is 0 Å². The third kappa shape index (κ3) is 5.58. The lowest BCUT2D eigenvalue weighted by Crippen LogP contribution is -2.23. The highest BCUT2D eigenvalue weighted by Gasteiger charge is 2.20. The standard InChI is InChI=1S/C26H26N4O3S/c1-18(25(31)27-23-12-8-7-11-22(23)19-9-5-4-6-10-19)34-26-29-28-24(30(26)2)17-33-21-15-13-20(32-3)14-16-21/h4-16,18H,17H2,1-3H3,(H,27,31)/t18-/m0/s1. The minimum absolute atomic E-state index is 0.104. The van der Waals surface area contributed by atoms with E-state index in [1.54, 1.807) is 7.11 Å². The maximum Gasteiger partial charge on any atom is 0.237 e. The van der Waals surface area contributed by atoms with Gasteiger partial charge in [0.25, 0.3) is 0 Å². The van der Waals surface area contributed by atoms with E-state index in [2.05, 4.69) is 15.5 Å². The van der Waals surface area contributed by atoms with Crippen LogP contribution in [0.3, 0.4) is 0 Å². The number of hydrogen-bond donors (Lipinski definition) is 1. The van der Waals surface area contributed by atoms with E-state index in [1.807, 2.05) is 97.4 Å². The number of carbonyl (C=O) groups excluding carboxylic acids is 1. The number of ether oxygens (including phenoxy) is 2. The van der Waals surface area contributed by atoms with Gasteiger partial charge in [0.05, 0.1) is 12.4 Å². The fraction of sp³-hybridized carbons (Fsp3) is 0.192. The summed E-state index contributed by atoms with van der Waals surface area (Å²) in [6, 6.07) is 25.1. The first-order chi connectivity index (χ1) is 16.5. The minimum Gasteiger partial charge on any atom is -0.497 e. The third-order valence-corrected chi connectivity index (χ3v) is 6.41. The van der Waals surface area contributed by atoms with Crippen molar-refractivity contribution in [2.75, 3.05) is 12.4 Å². The molecular weight excluding hydrogens is 448 g/mol. The normalized spacial score (nSPS) is 11.6. The quantitative estimate of drug-likeness (QED) is 0.337. The number of para-hydroxylation sites is 1. The Morgan fingerprint density at radius 2 is 1.65 bits per heavy atom. The van der Waals surface area contributed by atoms with Crippen molar-refractivity contribution in [1.29, 1.82) is 0 Å². The molecule has 7 nitrogen and oxygen atoms in total. The SMILES string of the molecule is COc1ccc(OCc2nnc(S[C@@H](C)C(=O)Nc3ccccc3-c3ccccc3)n2C)cc1. The summed E-state index contributed by atoms with van der Waals surface area (Å²) in [5, 5.41) is 11.8. The molecule has 0 aliphatic rings. The van der Waals surface area contributed by atoms with Crippen molar-refractivity contribution in [3.8, 4) is 22.6 Å². The van der Waals surface area contributed by atoms with Crippen LogP contribution in [0.25, 0.3) is 11.1 Å². The first-order valence-electron chi connectivity index (χ1n) is 10.8. The molecule has 0 fully saturated rings. The monoisotopic (exact) mass is 474 g/mol. The predicted molar refractivity (Wildman–Crippen MR) is 134 cm³/mol. The molecule has 1 aromatic heterocycles. The van der Waals surface area contributed by atoms with Gasteiger partial charge < -0.3 is 19.4 Å². The molecular formula is C26H26N4O3S. The zero-order chi connectivity index (χ0) is 23.9. The van der Waals surface area contributed by atoms with Crippen LogP contribution in [0, 0.1) is 0 Å². The van der Waals surface area contributed by atoms with Crippen LogP contribution < -0.4 is 14.8 Å². The number of carbonyl (C=O) groups is 1. The summed E-state index contributed by atoms with van der Waals surface area (Å²) < 4.78 is 12.8. The van der Waals surface area contributed by atoms with E-state index in [1.165, 1.54) is 11.8 Å². The fourth-order valence-corrected chi connectivity index (χ4v) is 4.13. The van der Waals surface area contributed by atoms with Gasteiger partial charge in [-0.1, -0.05) is 60.3 Å². The van der Waals surface area contributed by atoms with Crippen LogP contribution in [0.15, 0.2) is 84.0 Å². The highest BCUT2D eigenvalue weighted by atomic mass is 32.2. The number of methoxy groups -OCH3 is 1. The van der Waals surface area contributed by atoms with Crippen molar-refractivity contribution in [2.24, 2.45) is 7.05 Å². The van der Waals surface area contributed by atoms with E-state index in [-0.39, 0.29) is 17.8 Å². The minimum atomic E-state index is -0.373. The predicted octanol–water partition coefficient (Wildman–Crippen LogP) is 5.19. The van der Waals surface area contributed by atoms with E-state index in [9.17, 15) is 4.79 Å². The van der Waals surface area contributed by atoms with Gasteiger partial charge >= 0.3 is 0 Å². The summed E-state index contributed by atoms with van der Waals surface area (Å²) in [5.41, 5.74) is 2.80. The molecule has 1 N–H and O–H groups in total. The third-order valence-electron chi connectivity index (χ3n) is 5.27. The van der Waals surface area contributed by atoms with Gasteiger partial charge in [-0.15, -0.1) is 10.2 Å². The van der Waals surface area contributed by atoms with Gasteiger partial charge in [-0.05, 0) is 42.8 Å². The van der Waals surface area contributed by atoms with Crippen molar-refractivity contribution >= 4 is 23.4 Å². The van der Waals surface area contributed by atoms with Crippen molar-refractivity contribution in [3.05, 3.63) is 84.7 Å². The van der Waals surface area contributed by atoms with Crippen LogP contribution in [0.4, 0.5) is 5.69 Å². The van der Waals surface area contributed by atoms with Crippen LogP contribution in [0.5, 0.6) is 11.5 Å². The Morgan fingerprint density at radius 3 is 2.38 bits per heavy atom. The van der Waals surface area contributed by atoms with Crippen molar-refractivity contribution in [3.63, 3.8) is 0 Å². The summed E-state index contributed by atoms with van der Waals surface area (Å²) in [6.45, 7) is 2.12. The molecule has 174 valence electrons. The summed E-state index contributed by atoms with van der Waals surface area (Å²) in [6.07, 6.45) is 0. The lowest BCUT2D eigenvalue weighted by molar-refractivity contribution is -0.115. The summed E-state index contributed by atoms with van der Waals surface area (Å²) in [5.74, 6) is 2.04. The van der Waals surface area contributed by atoms with Gasteiger partial charge in [-0.3, -0.25) is 4.79 Å². The average Bonchev–Trinajstić information content (AvgIpc) is 3.22. The number of hydrogen-bond acceptors (Lipinski definition) is 6. The van der Waals surface area contributed by atoms with Crippen LogP contribution >= 0.6 is 11.8 Å². The Labute approximate surface area is 203 Å². The number of anilines is 1. The van der Waals surface area contributed by atoms with Gasteiger partial charge in [0.2, 0.25) is 5.91 Å². The Morgan fingerprint density at radius 1 is 0.971 bits per heavy atom. The number of amides is 1. The largest absolute Gasteiger partial charge is 0.497 e. The molecule has 0 bridgehead atoms. The van der Waals surface area contributed by atoms with Gasteiger partial charge in [-0.25, -0.2) is 0 Å². The van der Waals surface area contributed by atoms with E-state index in [0.717, 1.165) is 22.6 Å². The molecule has 0 saturated carbocycles. The zero-order valence-corrected chi connectivity index (χ0v) is 20.1. The van der Waals surface area contributed by atoms with E-state index in [4.69, 9.17) is 9.47 Å². The number of rotatable bonds is 9. The number of aromatic nitrogens is 3. The molecule has 0 spiro atoms. The molecule has 34 heavy (non-hydrogen) atoms. The molecule has 8 heteroatoms. The Hall–Kier alpha value is -3.78. The molecule has 4 rings (SSSR count). The molecule has 1 amide bonds. The lowest BCUT2D eigenvalue weighted by atomic mass is 10.0. The fourth-order valence-electron chi connectivity index (χ4n) is 3.30. The second kappa shape index (κ2) is 10.9. The summed E-state index contributed by atoms with van der Waals surface area (Å²) in [7, 11) is 3.49. The number of thioether (sulfide) groups is 1. The molecule has 0 aliphatic heterocycles. The van der Waals surface area contributed by atoms with Crippen LogP contribution in [0.1, 0.15) is 12.7 Å². The second-order valence-corrected chi connectivity index (χ2v) is 8.89. The zero-order valence-electron chi connectivity index (χ0n) is 19.3. The first kappa shape index (κ1) is 23.4. The van der Waals surface area contributed by atoms with Crippen molar-refractivity contribution < 1.29 is 14.3 Å². The topological polar surface area (TPSA) is 78.3 Å². The van der Waals surface area contributed by atoms with E-state index in [0.29, 0.717) is 16.7 Å². The highest BCUT2D eigenvalue weighted by Crippen LogP contribution is 2.29. The van der Waals surface area contributed by atoms with Gasteiger partial charge in [0.15, 0.2) is 11.0 Å². The number of nitrogens with one attached hydrogen (secondary N) is 1. The maximum atomic E-state index is 13.0. The Bertz CT molecular complexity index is 1240. The number of nitrogens with zero attached hydrogens (tertiary/aromatic N) is 3. The summed E-state index contributed by atoms with van der Waals surface area (Å²) >= 11 is 1.35. The Kier molecular flexibility index (Phi) is 7.49. The van der Waals surface area contributed by atoms with Gasteiger partial charge in [0.1, 0.15) is 18.1 Å². The Balaban J connectivity index is 1.38. The highest BCUT2D eigenvalue weighted by molar-refractivity contribution is 8.00. The smallest absolute Gasteiger partial charge is 0.237 e. The van der Waals surface area contributed by atoms with Crippen molar-refractivity contribution in [1.82, 2.24) is 14.8 Å². The number of benzene rings is 3. The molecule has 0 saturated heterocycles. The van der Waals surface area contributed by atoms with Crippen molar-refractivity contribution in [2.45, 2.75) is 23.9 Å². The summed E-state index contributed by atoms with van der Waals surface area (Å²) in [4.78, 5) is 13.0. The molecule has 0 aliphatic carbocycles. The molecule has 3 aromatic carbocycles. The molecule has 4 aromatic rings. The molecule has 0 radical (unpaired) electrons. The van der Waals surface area contributed by atoms with E-state index < -0.39 is 0 Å². The molecule has 1 heterocycles. The van der Waals surface area contributed by atoms with Crippen LogP contribution in [-0.4, -0.2) is 33.0 Å². The van der Waals surface area contributed by atoms with Gasteiger partial charge in [-0.2, -0.15) is 0 Å². The van der Waals surface area contributed by atoms with Crippen LogP contribution in [0.2, 0.25) is 0 Å². The second-order valence-electron chi connectivity index (χ2n) is 7.58.